The fraction of sp³-hybridized carbons (Fsp3) is 0.312. The number of pyridine rings is 1. The van der Waals surface area contributed by atoms with E-state index in [1.807, 2.05) is 31.2 Å². The van der Waals surface area contributed by atoms with E-state index in [2.05, 4.69) is 18.8 Å². The molecule has 0 unspecified atom stereocenters. The number of rotatable bonds is 5. The highest BCUT2D eigenvalue weighted by molar-refractivity contribution is 5.50. The van der Waals surface area contributed by atoms with Gasteiger partial charge in [-0.2, -0.15) is 4.98 Å². The molecular formula is C16H20N2O2. The predicted octanol–water partition coefficient (Wildman–Crippen LogP) is 3.80. The van der Waals surface area contributed by atoms with Gasteiger partial charge in [0.05, 0.1) is 12.3 Å². The lowest BCUT2D eigenvalue weighted by molar-refractivity contribution is 0.260. The maximum absolute atomic E-state index is 5.86. The van der Waals surface area contributed by atoms with Crippen molar-refractivity contribution in [2.45, 2.75) is 20.8 Å². The molecule has 0 aliphatic heterocycles. The molecule has 0 aliphatic carbocycles. The Kier molecular flexibility index (Phi) is 4.45. The second kappa shape index (κ2) is 6.28. The predicted molar refractivity (Wildman–Crippen MR) is 80.2 cm³/mol. The Morgan fingerprint density at radius 3 is 2.60 bits per heavy atom. The van der Waals surface area contributed by atoms with Crippen molar-refractivity contribution in [3.8, 4) is 17.5 Å². The van der Waals surface area contributed by atoms with Crippen LogP contribution in [0.2, 0.25) is 0 Å². The molecule has 20 heavy (non-hydrogen) atoms. The molecule has 0 amide bonds. The van der Waals surface area contributed by atoms with Crippen LogP contribution in [0.5, 0.6) is 17.5 Å². The highest BCUT2D eigenvalue weighted by atomic mass is 16.5. The van der Waals surface area contributed by atoms with Crippen LogP contribution in [0.3, 0.4) is 0 Å². The van der Waals surface area contributed by atoms with Crippen LogP contribution in [-0.4, -0.2) is 11.6 Å². The first kappa shape index (κ1) is 14.2. The zero-order chi connectivity index (χ0) is 14.5. The lowest BCUT2D eigenvalue weighted by atomic mass is 10.2. The van der Waals surface area contributed by atoms with E-state index in [0.29, 0.717) is 30.0 Å². The SMILES string of the molecule is Cc1ccccc1Oc1ccc(N)c(OCC(C)C)n1. The Morgan fingerprint density at radius 2 is 1.90 bits per heavy atom. The third-order valence-corrected chi connectivity index (χ3v) is 2.73. The number of hydrogen-bond acceptors (Lipinski definition) is 4. The molecule has 2 rings (SSSR count). The van der Waals surface area contributed by atoms with Crippen LogP contribution in [0.15, 0.2) is 36.4 Å². The summed E-state index contributed by atoms with van der Waals surface area (Å²) in [6.07, 6.45) is 0. The summed E-state index contributed by atoms with van der Waals surface area (Å²) >= 11 is 0. The smallest absolute Gasteiger partial charge is 0.240 e. The molecule has 0 atom stereocenters. The van der Waals surface area contributed by atoms with Crippen molar-refractivity contribution in [2.75, 3.05) is 12.3 Å². The van der Waals surface area contributed by atoms with Gasteiger partial charge in [0.25, 0.3) is 0 Å². The largest absolute Gasteiger partial charge is 0.476 e. The molecule has 0 fully saturated rings. The zero-order valence-electron chi connectivity index (χ0n) is 12.1. The van der Waals surface area contributed by atoms with E-state index in [9.17, 15) is 0 Å². The van der Waals surface area contributed by atoms with E-state index in [1.54, 1.807) is 12.1 Å². The first-order chi connectivity index (χ1) is 9.56. The van der Waals surface area contributed by atoms with E-state index in [-0.39, 0.29) is 0 Å². The highest BCUT2D eigenvalue weighted by Crippen LogP contribution is 2.27. The minimum Gasteiger partial charge on any atom is -0.476 e. The van der Waals surface area contributed by atoms with Gasteiger partial charge in [-0.25, -0.2) is 0 Å². The van der Waals surface area contributed by atoms with E-state index in [1.165, 1.54) is 0 Å². The molecule has 1 aromatic carbocycles. The number of nitrogens with two attached hydrogens (primary N) is 1. The van der Waals surface area contributed by atoms with Crippen molar-refractivity contribution in [2.24, 2.45) is 5.92 Å². The number of ether oxygens (including phenoxy) is 2. The first-order valence-electron chi connectivity index (χ1n) is 6.69. The Hall–Kier alpha value is -2.23. The molecule has 4 nitrogen and oxygen atoms in total. The summed E-state index contributed by atoms with van der Waals surface area (Å²) in [7, 11) is 0. The number of hydrogen-bond donors (Lipinski definition) is 1. The van der Waals surface area contributed by atoms with E-state index < -0.39 is 0 Å². The van der Waals surface area contributed by atoms with Crippen LogP contribution in [0.4, 0.5) is 5.69 Å². The van der Waals surface area contributed by atoms with Crippen molar-refractivity contribution in [3.63, 3.8) is 0 Å². The standard InChI is InChI=1S/C16H20N2O2/c1-11(2)10-19-16-13(17)8-9-15(18-16)20-14-7-5-4-6-12(14)3/h4-9,11H,10,17H2,1-3H3. The minimum atomic E-state index is 0.414. The zero-order valence-corrected chi connectivity index (χ0v) is 12.1. The molecule has 0 saturated carbocycles. The van der Waals surface area contributed by atoms with Crippen LogP contribution >= 0.6 is 0 Å². The molecule has 0 saturated heterocycles. The van der Waals surface area contributed by atoms with Gasteiger partial charge in [-0.3, -0.25) is 0 Å². The lowest BCUT2D eigenvalue weighted by Crippen LogP contribution is -2.07. The van der Waals surface area contributed by atoms with Crippen LogP contribution in [0.1, 0.15) is 19.4 Å². The van der Waals surface area contributed by atoms with E-state index in [4.69, 9.17) is 15.2 Å². The average molecular weight is 272 g/mol. The first-order valence-corrected chi connectivity index (χ1v) is 6.69. The Morgan fingerprint density at radius 1 is 1.15 bits per heavy atom. The molecular weight excluding hydrogens is 252 g/mol. The van der Waals surface area contributed by atoms with Gasteiger partial charge in [-0.1, -0.05) is 32.0 Å². The molecule has 106 valence electrons. The van der Waals surface area contributed by atoms with Crippen LogP contribution in [-0.2, 0) is 0 Å². The summed E-state index contributed by atoms with van der Waals surface area (Å²) in [5.74, 6) is 2.09. The maximum atomic E-state index is 5.86. The Balaban J connectivity index is 2.17. The maximum Gasteiger partial charge on any atom is 0.240 e. The number of aryl methyl sites for hydroxylation is 1. The van der Waals surface area contributed by atoms with Gasteiger partial charge in [0.1, 0.15) is 5.75 Å². The van der Waals surface area contributed by atoms with E-state index >= 15 is 0 Å². The molecule has 0 radical (unpaired) electrons. The third-order valence-electron chi connectivity index (χ3n) is 2.73. The molecule has 0 bridgehead atoms. The average Bonchev–Trinajstić information content (AvgIpc) is 2.42. The van der Waals surface area contributed by atoms with Crippen molar-refractivity contribution in [1.29, 1.82) is 0 Å². The molecule has 2 N–H and O–H groups in total. The van der Waals surface area contributed by atoms with Crippen molar-refractivity contribution in [1.82, 2.24) is 4.98 Å². The summed E-state index contributed by atoms with van der Waals surface area (Å²) in [6.45, 7) is 6.71. The second-order valence-corrected chi connectivity index (χ2v) is 5.12. The van der Waals surface area contributed by atoms with Crippen LogP contribution < -0.4 is 15.2 Å². The van der Waals surface area contributed by atoms with Crippen molar-refractivity contribution in [3.05, 3.63) is 42.0 Å². The van der Waals surface area contributed by atoms with Gasteiger partial charge in [0, 0.05) is 6.07 Å². The molecule has 1 aromatic heterocycles. The quantitative estimate of drug-likeness (QED) is 0.899. The molecule has 1 heterocycles. The topological polar surface area (TPSA) is 57.4 Å². The monoisotopic (exact) mass is 272 g/mol. The van der Waals surface area contributed by atoms with E-state index in [0.717, 1.165) is 11.3 Å². The van der Waals surface area contributed by atoms with Gasteiger partial charge in [0.15, 0.2) is 0 Å². The fourth-order valence-electron chi connectivity index (χ4n) is 1.64. The second-order valence-electron chi connectivity index (χ2n) is 5.12. The summed E-state index contributed by atoms with van der Waals surface area (Å²) in [5.41, 5.74) is 7.42. The number of aromatic nitrogens is 1. The number of benzene rings is 1. The van der Waals surface area contributed by atoms with Gasteiger partial charge in [-0.15, -0.1) is 0 Å². The number of anilines is 1. The summed E-state index contributed by atoms with van der Waals surface area (Å²) in [4.78, 5) is 4.31. The Labute approximate surface area is 119 Å². The van der Waals surface area contributed by atoms with Crippen LogP contribution in [0, 0.1) is 12.8 Å². The van der Waals surface area contributed by atoms with Gasteiger partial charge >= 0.3 is 0 Å². The molecule has 4 heteroatoms. The van der Waals surface area contributed by atoms with Crippen LogP contribution in [0.25, 0.3) is 0 Å². The van der Waals surface area contributed by atoms with Gasteiger partial charge in [0.2, 0.25) is 11.8 Å². The Bertz CT molecular complexity index is 582. The number of nitrogens with zero attached hydrogens (tertiary/aromatic N) is 1. The van der Waals surface area contributed by atoms with Gasteiger partial charge in [-0.05, 0) is 30.5 Å². The third kappa shape index (κ3) is 3.63. The fourth-order valence-corrected chi connectivity index (χ4v) is 1.64. The normalized spacial score (nSPS) is 10.6. The summed E-state index contributed by atoms with van der Waals surface area (Å²) in [5, 5.41) is 0. The van der Waals surface area contributed by atoms with Crippen molar-refractivity contribution >= 4 is 5.69 Å². The van der Waals surface area contributed by atoms with Gasteiger partial charge < -0.3 is 15.2 Å². The number of nitrogen functional groups attached to an aromatic ring is 1. The minimum absolute atomic E-state index is 0.414. The number of para-hydroxylation sites is 1. The molecule has 0 spiro atoms. The van der Waals surface area contributed by atoms with Crippen molar-refractivity contribution < 1.29 is 9.47 Å². The summed E-state index contributed by atoms with van der Waals surface area (Å²) in [6, 6.07) is 11.3. The highest BCUT2D eigenvalue weighted by Gasteiger charge is 2.08. The lowest BCUT2D eigenvalue weighted by Gasteiger charge is -2.12. The molecule has 2 aromatic rings. The molecule has 0 aliphatic rings. The summed E-state index contributed by atoms with van der Waals surface area (Å²) < 4.78 is 11.4.